The van der Waals surface area contributed by atoms with E-state index in [-0.39, 0.29) is 6.10 Å². The Labute approximate surface area is 139 Å². The Bertz CT molecular complexity index is 356. The van der Waals surface area contributed by atoms with Crippen molar-refractivity contribution in [1.29, 1.82) is 0 Å². The van der Waals surface area contributed by atoms with Crippen molar-refractivity contribution in [2.75, 3.05) is 4.43 Å². The summed E-state index contributed by atoms with van der Waals surface area (Å²) in [5.41, 5.74) is 1.27. The van der Waals surface area contributed by atoms with E-state index in [9.17, 15) is 0 Å². The first-order valence-electron chi connectivity index (χ1n) is 7.14. The van der Waals surface area contributed by atoms with E-state index >= 15 is 0 Å². The first kappa shape index (κ1) is 17.4. The summed E-state index contributed by atoms with van der Waals surface area (Å²) in [5, 5.41) is 0. The second kappa shape index (κ2) is 10.2. The van der Waals surface area contributed by atoms with Crippen molar-refractivity contribution in [3.8, 4) is 0 Å². The standard InChI is InChI=1S/C16H24BrIO/c1-3-4-5-6-8-13(2)19-16(12-18)14-9-7-10-15(17)11-14/h7,9-11,13,16H,3-6,8,12H2,1-2H3. The fraction of sp³-hybridized carbons (Fsp3) is 0.625. The minimum Gasteiger partial charge on any atom is -0.370 e. The molecule has 0 aromatic heterocycles. The van der Waals surface area contributed by atoms with Crippen LogP contribution >= 0.6 is 38.5 Å². The highest BCUT2D eigenvalue weighted by Crippen LogP contribution is 2.25. The molecular formula is C16H24BrIO. The van der Waals surface area contributed by atoms with Gasteiger partial charge in [0.1, 0.15) is 0 Å². The van der Waals surface area contributed by atoms with Gasteiger partial charge in [0, 0.05) is 8.90 Å². The molecule has 2 unspecified atom stereocenters. The van der Waals surface area contributed by atoms with Crippen molar-refractivity contribution in [3.63, 3.8) is 0 Å². The van der Waals surface area contributed by atoms with Gasteiger partial charge >= 0.3 is 0 Å². The quantitative estimate of drug-likeness (QED) is 0.249. The molecule has 0 aliphatic carbocycles. The molecule has 0 heterocycles. The van der Waals surface area contributed by atoms with Crippen LogP contribution in [0.1, 0.15) is 57.6 Å². The number of hydrogen-bond donors (Lipinski definition) is 0. The van der Waals surface area contributed by atoms with Gasteiger partial charge in [0.2, 0.25) is 0 Å². The zero-order valence-corrected chi connectivity index (χ0v) is 15.6. The number of alkyl halides is 1. The topological polar surface area (TPSA) is 9.23 Å². The SMILES string of the molecule is CCCCCCC(C)OC(CI)c1cccc(Br)c1. The predicted molar refractivity (Wildman–Crippen MR) is 95.1 cm³/mol. The van der Waals surface area contributed by atoms with Crippen LogP contribution in [0.15, 0.2) is 28.7 Å². The smallest absolute Gasteiger partial charge is 0.0918 e. The van der Waals surface area contributed by atoms with Gasteiger partial charge in [0.15, 0.2) is 0 Å². The number of unbranched alkanes of at least 4 members (excludes halogenated alkanes) is 3. The highest BCUT2D eigenvalue weighted by atomic mass is 127. The van der Waals surface area contributed by atoms with Crippen LogP contribution in [-0.2, 0) is 4.74 Å². The summed E-state index contributed by atoms with van der Waals surface area (Å²) < 4.78 is 8.31. The number of ether oxygens (including phenoxy) is 1. The Hall–Kier alpha value is 0.390. The van der Waals surface area contributed by atoms with E-state index < -0.39 is 0 Å². The Balaban J connectivity index is 2.43. The zero-order valence-electron chi connectivity index (χ0n) is 11.9. The first-order valence-corrected chi connectivity index (χ1v) is 9.46. The molecule has 0 aliphatic rings. The van der Waals surface area contributed by atoms with Gasteiger partial charge in [-0.3, -0.25) is 0 Å². The molecule has 1 aromatic carbocycles. The maximum Gasteiger partial charge on any atom is 0.0918 e. The van der Waals surface area contributed by atoms with Gasteiger partial charge in [-0.25, -0.2) is 0 Å². The average molecular weight is 439 g/mol. The normalized spacial score (nSPS) is 14.3. The second-order valence-corrected chi connectivity index (χ2v) is 6.79. The van der Waals surface area contributed by atoms with Gasteiger partial charge in [-0.15, -0.1) is 0 Å². The molecule has 0 N–H and O–H groups in total. The highest BCUT2D eigenvalue weighted by molar-refractivity contribution is 14.1. The van der Waals surface area contributed by atoms with Crippen LogP contribution in [0, 0.1) is 0 Å². The minimum absolute atomic E-state index is 0.208. The molecule has 2 atom stereocenters. The van der Waals surface area contributed by atoms with Crippen LogP contribution in [-0.4, -0.2) is 10.5 Å². The van der Waals surface area contributed by atoms with Crippen LogP contribution in [0.3, 0.4) is 0 Å². The largest absolute Gasteiger partial charge is 0.370 e. The van der Waals surface area contributed by atoms with E-state index in [1.807, 2.05) is 0 Å². The van der Waals surface area contributed by atoms with Crippen LogP contribution in [0.4, 0.5) is 0 Å². The number of benzene rings is 1. The van der Waals surface area contributed by atoms with E-state index in [0.29, 0.717) is 6.10 Å². The zero-order chi connectivity index (χ0) is 14.1. The van der Waals surface area contributed by atoms with Gasteiger partial charge in [-0.1, -0.05) is 83.3 Å². The molecule has 1 rings (SSSR count). The first-order chi connectivity index (χ1) is 9.17. The third-order valence-corrected chi connectivity index (χ3v) is 4.51. The molecule has 0 bridgehead atoms. The fourth-order valence-corrected chi connectivity index (χ4v) is 3.25. The molecular weight excluding hydrogens is 415 g/mol. The molecule has 19 heavy (non-hydrogen) atoms. The molecule has 0 saturated carbocycles. The second-order valence-electron chi connectivity index (χ2n) is 4.99. The number of halogens is 2. The van der Waals surface area contributed by atoms with Crippen molar-refractivity contribution >= 4 is 38.5 Å². The van der Waals surface area contributed by atoms with Crippen LogP contribution < -0.4 is 0 Å². The van der Waals surface area contributed by atoms with Crippen molar-refractivity contribution in [2.45, 2.75) is 58.2 Å². The lowest BCUT2D eigenvalue weighted by Crippen LogP contribution is -2.15. The molecule has 1 aromatic rings. The summed E-state index contributed by atoms with van der Waals surface area (Å²) in [5.74, 6) is 0. The van der Waals surface area contributed by atoms with Crippen LogP contribution in [0.2, 0.25) is 0 Å². The number of rotatable bonds is 9. The minimum atomic E-state index is 0.208. The molecule has 0 aliphatic heterocycles. The Kier molecular flexibility index (Phi) is 9.33. The van der Waals surface area contributed by atoms with Gasteiger partial charge < -0.3 is 4.74 Å². The van der Waals surface area contributed by atoms with Gasteiger partial charge in [-0.05, 0) is 31.0 Å². The van der Waals surface area contributed by atoms with Crippen LogP contribution in [0.25, 0.3) is 0 Å². The molecule has 0 fully saturated rings. The third-order valence-electron chi connectivity index (χ3n) is 3.22. The molecule has 0 saturated heterocycles. The lowest BCUT2D eigenvalue weighted by molar-refractivity contribution is 0.00580. The van der Waals surface area contributed by atoms with Crippen molar-refractivity contribution in [2.24, 2.45) is 0 Å². The number of hydrogen-bond acceptors (Lipinski definition) is 1. The van der Waals surface area contributed by atoms with Crippen molar-refractivity contribution in [1.82, 2.24) is 0 Å². The van der Waals surface area contributed by atoms with Gasteiger partial charge in [-0.2, -0.15) is 0 Å². The van der Waals surface area contributed by atoms with Crippen molar-refractivity contribution in [3.05, 3.63) is 34.3 Å². The van der Waals surface area contributed by atoms with Crippen molar-refractivity contribution < 1.29 is 4.74 Å². The summed E-state index contributed by atoms with van der Waals surface area (Å²) >= 11 is 5.94. The summed E-state index contributed by atoms with van der Waals surface area (Å²) in [7, 11) is 0. The van der Waals surface area contributed by atoms with E-state index in [0.717, 1.165) is 8.90 Å². The van der Waals surface area contributed by atoms with Crippen LogP contribution in [0.5, 0.6) is 0 Å². The third kappa shape index (κ3) is 7.09. The van der Waals surface area contributed by atoms with E-state index in [1.54, 1.807) is 0 Å². The molecule has 0 amide bonds. The summed E-state index contributed by atoms with van der Waals surface area (Å²) in [6.45, 7) is 4.45. The predicted octanol–water partition coefficient (Wildman–Crippen LogP) is 6.30. The Morgan fingerprint density at radius 3 is 2.68 bits per heavy atom. The fourth-order valence-electron chi connectivity index (χ4n) is 2.12. The molecule has 108 valence electrons. The van der Waals surface area contributed by atoms with E-state index in [4.69, 9.17) is 4.74 Å². The van der Waals surface area contributed by atoms with E-state index in [2.05, 4.69) is 76.6 Å². The molecule has 1 nitrogen and oxygen atoms in total. The Morgan fingerprint density at radius 2 is 2.05 bits per heavy atom. The van der Waals surface area contributed by atoms with Gasteiger partial charge in [0.25, 0.3) is 0 Å². The lowest BCUT2D eigenvalue weighted by atomic mass is 10.1. The maximum absolute atomic E-state index is 6.19. The van der Waals surface area contributed by atoms with Gasteiger partial charge in [0.05, 0.1) is 12.2 Å². The summed E-state index contributed by atoms with van der Waals surface area (Å²) in [6.07, 6.45) is 6.96. The summed E-state index contributed by atoms with van der Waals surface area (Å²) in [4.78, 5) is 0. The maximum atomic E-state index is 6.19. The average Bonchev–Trinajstić information content (AvgIpc) is 2.41. The van der Waals surface area contributed by atoms with E-state index in [1.165, 1.54) is 37.7 Å². The molecule has 0 spiro atoms. The molecule has 3 heteroatoms. The molecule has 0 radical (unpaired) electrons. The lowest BCUT2D eigenvalue weighted by Gasteiger charge is -2.21. The highest BCUT2D eigenvalue weighted by Gasteiger charge is 2.14. The monoisotopic (exact) mass is 438 g/mol. The summed E-state index contributed by atoms with van der Waals surface area (Å²) in [6, 6.07) is 8.45. The Morgan fingerprint density at radius 1 is 1.26 bits per heavy atom.